The quantitative estimate of drug-likeness (QED) is 0.688. The molecule has 1 aromatic heterocycles. The van der Waals surface area contributed by atoms with Crippen LogP contribution in [0.2, 0.25) is 0 Å². The van der Waals surface area contributed by atoms with Gasteiger partial charge in [0.15, 0.2) is 11.5 Å². The van der Waals surface area contributed by atoms with E-state index >= 15 is 0 Å². The molecule has 1 aromatic rings. The smallest absolute Gasteiger partial charge is 0.176 e. The fourth-order valence-electron chi connectivity index (χ4n) is 0.851. The third-order valence-corrected chi connectivity index (χ3v) is 1.63. The first kappa shape index (κ1) is 12.6. The highest BCUT2D eigenvalue weighted by Crippen LogP contribution is 2.14. The highest BCUT2D eigenvalue weighted by Gasteiger charge is 2.05. The standard InChI is InChI=1S/C9H9FN2.C2H6/c1-6(2)7-3-8(10)9(4-11)12-5-7;1-2/h3,5-6H,1-2H3;1-2H3. The monoisotopic (exact) mass is 194 g/mol. The first-order valence-corrected chi connectivity index (χ1v) is 4.70. The molecular weight excluding hydrogens is 179 g/mol. The summed E-state index contributed by atoms with van der Waals surface area (Å²) < 4.78 is 12.9. The van der Waals surface area contributed by atoms with Crippen LogP contribution in [0, 0.1) is 17.1 Å². The van der Waals surface area contributed by atoms with Gasteiger partial charge in [0.2, 0.25) is 0 Å². The van der Waals surface area contributed by atoms with Crippen LogP contribution in [0.5, 0.6) is 0 Å². The van der Waals surface area contributed by atoms with Crippen molar-refractivity contribution < 1.29 is 4.39 Å². The highest BCUT2D eigenvalue weighted by molar-refractivity contribution is 5.26. The number of pyridine rings is 1. The SMILES string of the molecule is CC.CC(C)c1cnc(C#N)c(F)c1. The van der Waals surface area contributed by atoms with Gasteiger partial charge in [-0.05, 0) is 17.5 Å². The summed E-state index contributed by atoms with van der Waals surface area (Å²) in [5, 5.41) is 8.40. The van der Waals surface area contributed by atoms with E-state index in [0.717, 1.165) is 5.56 Å². The van der Waals surface area contributed by atoms with E-state index in [1.807, 2.05) is 27.7 Å². The van der Waals surface area contributed by atoms with E-state index < -0.39 is 5.82 Å². The fraction of sp³-hybridized carbons (Fsp3) is 0.455. The van der Waals surface area contributed by atoms with Gasteiger partial charge < -0.3 is 0 Å². The zero-order valence-electron chi connectivity index (χ0n) is 9.00. The van der Waals surface area contributed by atoms with Crippen molar-refractivity contribution in [2.45, 2.75) is 33.6 Å². The Morgan fingerprint density at radius 1 is 1.43 bits per heavy atom. The van der Waals surface area contributed by atoms with Gasteiger partial charge >= 0.3 is 0 Å². The Labute approximate surface area is 84.4 Å². The van der Waals surface area contributed by atoms with Gasteiger partial charge in [-0.3, -0.25) is 0 Å². The van der Waals surface area contributed by atoms with Gasteiger partial charge in [0, 0.05) is 6.20 Å². The summed E-state index contributed by atoms with van der Waals surface area (Å²) in [7, 11) is 0. The average Bonchev–Trinajstić information content (AvgIpc) is 2.20. The predicted molar refractivity (Wildman–Crippen MR) is 54.3 cm³/mol. The van der Waals surface area contributed by atoms with Gasteiger partial charge in [0.25, 0.3) is 0 Å². The minimum atomic E-state index is -0.538. The molecular formula is C11H15FN2. The van der Waals surface area contributed by atoms with E-state index in [1.54, 1.807) is 6.07 Å². The zero-order chi connectivity index (χ0) is 11.1. The Bertz CT molecular complexity index is 327. The van der Waals surface area contributed by atoms with Gasteiger partial charge in [-0.1, -0.05) is 27.7 Å². The number of nitriles is 1. The Morgan fingerprint density at radius 2 is 2.00 bits per heavy atom. The summed E-state index contributed by atoms with van der Waals surface area (Å²) in [5.74, 6) is -0.302. The molecule has 0 spiro atoms. The van der Waals surface area contributed by atoms with Crippen molar-refractivity contribution in [1.82, 2.24) is 4.98 Å². The average molecular weight is 194 g/mol. The van der Waals surface area contributed by atoms with E-state index in [0.29, 0.717) is 0 Å². The van der Waals surface area contributed by atoms with Crippen LogP contribution < -0.4 is 0 Å². The number of hydrogen-bond acceptors (Lipinski definition) is 2. The summed E-state index contributed by atoms with van der Waals surface area (Å²) in [4.78, 5) is 3.68. The van der Waals surface area contributed by atoms with Gasteiger partial charge in [0.1, 0.15) is 6.07 Å². The maximum atomic E-state index is 12.9. The van der Waals surface area contributed by atoms with Gasteiger partial charge in [-0.2, -0.15) is 5.26 Å². The van der Waals surface area contributed by atoms with Crippen molar-refractivity contribution >= 4 is 0 Å². The third kappa shape index (κ3) is 3.14. The molecule has 0 radical (unpaired) electrons. The number of hydrogen-bond donors (Lipinski definition) is 0. The lowest BCUT2D eigenvalue weighted by Crippen LogP contribution is -1.94. The lowest BCUT2D eigenvalue weighted by atomic mass is 10.1. The van der Waals surface area contributed by atoms with Crippen LogP contribution in [0.1, 0.15) is 44.9 Å². The molecule has 1 rings (SSSR count). The Kier molecular flexibility index (Phi) is 5.47. The van der Waals surface area contributed by atoms with Crippen LogP contribution in [0.4, 0.5) is 4.39 Å². The molecule has 0 aliphatic rings. The number of halogens is 1. The molecule has 14 heavy (non-hydrogen) atoms. The maximum Gasteiger partial charge on any atom is 0.176 e. The molecule has 0 aliphatic heterocycles. The second-order valence-corrected chi connectivity index (χ2v) is 2.87. The van der Waals surface area contributed by atoms with Crippen molar-refractivity contribution in [2.24, 2.45) is 0 Å². The molecule has 3 heteroatoms. The van der Waals surface area contributed by atoms with Crippen LogP contribution in [0.25, 0.3) is 0 Å². The van der Waals surface area contributed by atoms with Crippen LogP contribution in [0.3, 0.4) is 0 Å². The molecule has 0 amide bonds. The lowest BCUT2D eigenvalue weighted by Gasteiger charge is -2.03. The van der Waals surface area contributed by atoms with Crippen LogP contribution in [-0.2, 0) is 0 Å². The third-order valence-electron chi connectivity index (χ3n) is 1.63. The van der Waals surface area contributed by atoms with Crippen molar-refractivity contribution in [3.63, 3.8) is 0 Å². The highest BCUT2D eigenvalue weighted by atomic mass is 19.1. The molecule has 1 heterocycles. The number of aromatic nitrogens is 1. The van der Waals surface area contributed by atoms with E-state index in [1.165, 1.54) is 12.3 Å². The Hall–Kier alpha value is -1.43. The normalized spacial score (nSPS) is 8.93. The topological polar surface area (TPSA) is 36.7 Å². The van der Waals surface area contributed by atoms with Crippen LogP contribution in [-0.4, -0.2) is 4.98 Å². The molecule has 0 fully saturated rings. The minimum absolute atomic E-state index is 0.139. The summed E-state index contributed by atoms with van der Waals surface area (Å²) in [6.07, 6.45) is 1.53. The molecule has 0 bridgehead atoms. The maximum absolute atomic E-state index is 12.9. The minimum Gasteiger partial charge on any atom is -0.242 e. The summed E-state index contributed by atoms with van der Waals surface area (Å²) in [6.45, 7) is 7.89. The largest absolute Gasteiger partial charge is 0.242 e. The van der Waals surface area contributed by atoms with Gasteiger partial charge in [-0.15, -0.1) is 0 Å². The first-order chi connectivity index (χ1) is 6.65. The van der Waals surface area contributed by atoms with Crippen molar-refractivity contribution in [3.8, 4) is 6.07 Å². The molecule has 0 saturated heterocycles. The van der Waals surface area contributed by atoms with E-state index in [4.69, 9.17) is 5.26 Å². The molecule has 0 unspecified atom stereocenters. The first-order valence-electron chi connectivity index (χ1n) is 4.70. The van der Waals surface area contributed by atoms with Gasteiger partial charge in [-0.25, -0.2) is 9.37 Å². The molecule has 0 aliphatic carbocycles. The van der Waals surface area contributed by atoms with E-state index in [2.05, 4.69) is 4.98 Å². The Balaban J connectivity index is 0.000000791. The van der Waals surface area contributed by atoms with E-state index in [9.17, 15) is 4.39 Å². The number of nitrogens with zero attached hydrogens (tertiary/aromatic N) is 2. The van der Waals surface area contributed by atoms with Crippen molar-refractivity contribution in [1.29, 1.82) is 5.26 Å². The van der Waals surface area contributed by atoms with Gasteiger partial charge in [0.05, 0.1) is 0 Å². The summed E-state index contributed by atoms with van der Waals surface area (Å²) in [6, 6.07) is 3.03. The fourth-order valence-corrected chi connectivity index (χ4v) is 0.851. The summed E-state index contributed by atoms with van der Waals surface area (Å²) in [5.41, 5.74) is 0.672. The predicted octanol–water partition coefficient (Wildman–Crippen LogP) is 3.24. The molecule has 76 valence electrons. The molecule has 0 aromatic carbocycles. The Morgan fingerprint density at radius 3 is 2.36 bits per heavy atom. The summed E-state index contributed by atoms with van der Waals surface area (Å²) >= 11 is 0. The number of rotatable bonds is 1. The van der Waals surface area contributed by atoms with E-state index in [-0.39, 0.29) is 11.6 Å². The molecule has 2 nitrogen and oxygen atoms in total. The van der Waals surface area contributed by atoms with Crippen molar-refractivity contribution in [3.05, 3.63) is 29.3 Å². The molecule has 0 atom stereocenters. The molecule has 0 saturated carbocycles. The van der Waals surface area contributed by atoms with Crippen molar-refractivity contribution in [2.75, 3.05) is 0 Å². The van der Waals surface area contributed by atoms with Crippen LogP contribution >= 0.6 is 0 Å². The second-order valence-electron chi connectivity index (χ2n) is 2.87. The zero-order valence-corrected chi connectivity index (χ0v) is 9.00. The second kappa shape index (κ2) is 6.09. The lowest BCUT2D eigenvalue weighted by molar-refractivity contribution is 0.611. The van der Waals surface area contributed by atoms with Crippen LogP contribution in [0.15, 0.2) is 12.3 Å². The molecule has 0 N–H and O–H groups in total.